The van der Waals surface area contributed by atoms with Crippen LogP contribution in [0, 0.1) is 0 Å². The first kappa shape index (κ1) is 15.2. The molecule has 0 fully saturated rings. The van der Waals surface area contributed by atoms with Gasteiger partial charge in [-0.1, -0.05) is 66.4 Å². The molecule has 0 unspecified atom stereocenters. The van der Waals surface area contributed by atoms with Crippen LogP contribution in [0.4, 0.5) is 11.4 Å². The molecule has 124 valence electrons. The molecule has 4 aromatic carbocycles. The molecule has 26 heavy (non-hydrogen) atoms. The zero-order valence-corrected chi connectivity index (χ0v) is 14.7. The van der Waals surface area contributed by atoms with Crippen LogP contribution in [-0.2, 0) is 0 Å². The molecule has 4 aromatic rings. The number of nitrogens with zero attached hydrogens (tertiary/aromatic N) is 1. The molecule has 1 aliphatic rings. The number of benzene rings is 4. The summed E-state index contributed by atoms with van der Waals surface area (Å²) in [6.45, 7) is 0. The van der Waals surface area contributed by atoms with Crippen molar-refractivity contribution in [3.8, 4) is 0 Å². The van der Waals surface area contributed by atoms with E-state index >= 15 is 0 Å². The third-order valence-corrected chi connectivity index (χ3v) is 5.73. The number of carbonyl (C=O) groups is 1. The van der Waals surface area contributed by atoms with Gasteiger partial charge in [-0.05, 0) is 47.2 Å². The number of anilines is 2. The number of rotatable bonds is 1. The Balaban J connectivity index is 1.75. The predicted octanol–water partition coefficient (Wildman–Crippen LogP) is 6.28. The second kappa shape index (κ2) is 6.04. The van der Waals surface area contributed by atoms with Crippen LogP contribution in [0.15, 0.2) is 101 Å². The molecule has 1 heterocycles. The summed E-state index contributed by atoms with van der Waals surface area (Å²) in [7, 11) is 0. The zero-order chi connectivity index (χ0) is 17.5. The Hall–Kier alpha value is -3.04. The van der Waals surface area contributed by atoms with Gasteiger partial charge in [-0.15, -0.1) is 0 Å². The molecule has 1 aliphatic heterocycles. The predicted molar refractivity (Wildman–Crippen MR) is 107 cm³/mol. The summed E-state index contributed by atoms with van der Waals surface area (Å²) in [6, 6.07) is 30.1. The highest BCUT2D eigenvalue weighted by molar-refractivity contribution is 7.99. The summed E-state index contributed by atoms with van der Waals surface area (Å²) in [6.07, 6.45) is 0. The third kappa shape index (κ3) is 2.40. The second-order valence-electron chi connectivity index (χ2n) is 6.24. The lowest BCUT2D eigenvalue weighted by Gasteiger charge is -2.31. The van der Waals surface area contributed by atoms with Gasteiger partial charge in [0.15, 0.2) is 0 Å². The minimum Gasteiger partial charge on any atom is -0.275 e. The summed E-state index contributed by atoms with van der Waals surface area (Å²) < 4.78 is 0. The first-order valence-electron chi connectivity index (χ1n) is 8.50. The lowest BCUT2D eigenvalue weighted by Crippen LogP contribution is -2.28. The molecule has 2 nitrogen and oxygen atoms in total. The van der Waals surface area contributed by atoms with Gasteiger partial charge in [0.1, 0.15) is 0 Å². The lowest BCUT2D eigenvalue weighted by atomic mass is 10.1. The Morgan fingerprint density at radius 3 is 2.12 bits per heavy atom. The zero-order valence-electron chi connectivity index (χ0n) is 13.9. The van der Waals surface area contributed by atoms with Crippen molar-refractivity contribution in [2.24, 2.45) is 0 Å². The lowest BCUT2D eigenvalue weighted by molar-refractivity contribution is 0.0998. The molecule has 0 spiro atoms. The third-order valence-electron chi connectivity index (χ3n) is 4.62. The average molecular weight is 353 g/mol. The number of hydrogen-bond donors (Lipinski definition) is 0. The largest absolute Gasteiger partial charge is 0.275 e. The number of carbonyl (C=O) groups excluding carboxylic acids is 1. The van der Waals surface area contributed by atoms with E-state index in [0.29, 0.717) is 5.56 Å². The van der Waals surface area contributed by atoms with Crippen molar-refractivity contribution in [3.63, 3.8) is 0 Å². The molecule has 0 saturated carbocycles. The van der Waals surface area contributed by atoms with E-state index < -0.39 is 0 Å². The highest BCUT2D eigenvalue weighted by Gasteiger charge is 2.29. The van der Waals surface area contributed by atoms with Crippen molar-refractivity contribution in [2.45, 2.75) is 9.79 Å². The van der Waals surface area contributed by atoms with Gasteiger partial charge in [-0.25, -0.2) is 0 Å². The fourth-order valence-electron chi connectivity index (χ4n) is 3.37. The van der Waals surface area contributed by atoms with Crippen molar-refractivity contribution in [2.75, 3.05) is 4.90 Å². The molecule has 0 atom stereocenters. The maximum Gasteiger partial charge on any atom is 0.262 e. The minimum absolute atomic E-state index is 0.00474. The van der Waals surface area contributed by atoms with E-state index in [-0.39, 0.29) is 5.91 Å². The van der Waals surface area contributed by atoms with Gasteiger partial charge < -0.3 is 0 Å². The van der Waals surface area contributed by atoms with Gasteiger partial charge in [-0.2, -0.15) is 0 Å². The smallest absolute Gasteiger partial charge is 0.262 e. The number of fused-ring (bicyclic) bond motifs is 3. The van der Waals surface area contributed by atoms with Crippen molar-refractivity contribution < 1.29 is 4.79 Å². The summed E-state index contributed by atoms with van der Waals surface area (Å²) in [5, 5.41) is 2.32. The Morgan fingerprint density at radius 1 is 0.654 bits per heavy atom. The van der Waals surface area contributed by atoms with Crippen LogP contribution < -0.4 is 4.90 Å². The van der Waals surface area contributed by atoms with E-state index in [1.165, 1.54) is 5.39 Å². The molecule has 1 amide bonds. The minimum atomic E-state index is -0.00474. The van der Waals surface area contributed by atoms with Crippen LogP contribution in [0.1, 0.15) is 10.4 Å². The van der Waals surface area contributed by atoms with Crippen LogP contribution in [0.5, 0.6) is 0 Å². The molecule has 0 N–H and O–H groups in total. The Kier molecular flexibility index (Phi) is 3.54. The van der Waals surface area contributed by atoms with Gasteiger partial charge in [0.05, 0.1) is 11.4 Å². The first-order chi connectivity index (χ1) is 12.8. The molecule has 5 rings (SSSR count). The van der Waals surface area contributed by atoms with Crippen LogP contribution >= 0.6 is 11.8 Å². The van der Waals surface area contributed by atoms with Crippen LogP contribution in [0.25, 0.3) is 10.8 Å². The second-order valence-corrected chi connectivity index (χ2v) is 7.33. The normalized spacial score (nSPS) is 12.5. The molecular formula is C23H15NOS. The molecule has 0 bridgehead atoms. The van der Waals surface area contributed by atoms with Gasteiger partial charge in [-0.3, -0.25) is 9.69 Å². The SMILES string of the molecule is O=C(c1ccccc1)N1c2ccccc2Sc2cc3ccccc3cc21. The monoisotopic (exact) mass is 353 g/mol. The number of hydrogen-bond acceptors (Lipinski definition) is 2. The van der Waals surface area contributed by atoms with Crippen molar-refractivity contribution in [1.82, 2.24) is 0 Å². The molecule has 0 saturated heterocycles. The molecule has 0 aromatic heterocycles. The molecular weight excluding hydrogens is 338 g/mol. The summed E-state index contributed by atoms with van der Waals surface area (Å²) in [5.74, 6) is -0.00474. The highest BCUT2D eigenvalue weighted by Crippen LogP contribution is 2.49. The Labute approximate surface area is 156 Å². The molecule has 0 radical (unpaired) electrons. The molecule has 3 heteroatoms. The van der Waals surface area contributed by atoms with Crippen LogP contribution in [0.3, 0.4) is 0 Å². The van der Waals surface area contributed by atoms with Crippen LogP contribution in [0.2, 0.25) is 0 Å². The Morgan fingerprint density at radius 2 is 1.31 bits per heavy atom. The molecule has 0 aliphatic carbocycles. The van der Waals surface area contributed by atoms with E-state index in [9.17, 15) is 4.79 Å². The van der Waals surface area contributed by atoms with Gasteiger partial charge in [0.25, 0.3) is 5.91 Å². The topological polar surface area (TPSA) is 20.3 Å². The van der Waals surface area contributed by atoms with E-state index in [4.69, 9.17) is 0 Å². The van der Waals surface area contributed by atoms with Gasteiger partial charge >= 0.3 is 0 Å². The fourth-order valence-corrected chi connectivity index (χ4v) is 4.46. The van der Waals surface area contributed by atoms with Gasteiger partial charge in [0.2, 0.25) is 0 Å². The fraction of sp³-hybridized carbons (Fsp3) is 0. The first-order valence-corrected chi connectivity index (χ1v) is 9.32. The maximum atomic E-state index is 13.4. The van der Waals surface area contributed by atoms with E-state index in [1.807, 2.05) is 65.6 Å². The summed E-state index contributed by atoms with van der Waals surface area (Å²) >= 11 is 1.72. The van der Waals surface area contributed by atoms with Crippen molar-refractivity contribution >= 4 is 39.8 Å². The van der Waals surface area contributed by atoms with Crippen molar-refractivity contribution in [1.29, 1.82) is 0 Å². The Bertz CT molecular complexity index is 1140. The number of para-hydroxylation sites is 1. The summed E-state index contributed by atoms with van der Waals surface area (Å²) in [5.41, 5.74) is 2.57. The van der Waals surface area contributed by atoms with Crippen molar-refractivity contribution in [3.05, 3.63) is 96.6 Å². The highest BCUT2D eigenvalue weighted by atomic mass is 32.2. The number of amides is 1. The van der Waals surface area contributed by atoms with Gasteiger partial charge in [0, 0.05) is 15.4 Å². The van der Waals surface area contributed by atoms with E-state index in [0.717, 1.165) is 26.6 Å². The van der Waals surface area contributed by atoms with E-state index in [2.05, 4.69) is 30.3 Å². The maximum absolute atomic E-state index is 13.4. The average Bonchev–Trinajstić information content (AvgIpc) is 2.70. The van der Waals surface area contributed by atoms with E-state index in [1.54, 1.807) is 11.8 Å². The quantitative estimate of drug-likeness (QED) is 0.401. The van der Waals surface area contributed by atoms with Crippen LogP contribution in [-0.4, -0.2) is 5.91 Å². The summed E-state index contributed by atoms with van der Waals surface area (Å²) in [4.78, 5) is 17.4. The standard InChI is InChI=1S/C23H15NOS/c25-23(16-8-2-1-3-9-16)24-19-12-6-7-13-21(19)26-22-15-18-11-5-4-10-17(18)14-20(22)24/h1-15H.